The van der Waals surface area contributed by atoms with E-state index in [1.807, 2.05) is 0 Å². The number of primary sulfonamides is 1. The van der Waals surface area contributed by atoms with Gasteiger partial charge < -0.3 is 10.2 Å². The Balaban J connectivity index is 0.00000180. The van der Waals surface area contributed by atoms with E-state index in [1.54, 1.807) is 0 Å². The zero-order valence-corrected chi connectivity index (χ0v) is 13.0. The molecule has 0 aliphatic carbocycles. The minimum Gasteiger partial charge on any atom is -0.317 e. The van der Waals surface area contributed by atoms with Crippen molar-refractivity contribution in [1.82, 2.24) is 10.2 Å². The zero-order valence-electron chi connectivity index (χ0n) is 11.4. The van der Waals surface area contributed by atoms with Crippen molar-refractivity contribution in [3.63, 3.8) is 0 Å². The summed E-state index contributed by atoms with van der Waals surface area (Å²) in [6, 6.07) is 0. The maximum atomic E-state index is 11.1. The van der Waals surface area contributed by atoms with Gasteiger partial charge in [-0.2, -0.15) is 0 Å². The summed E-state index contributed by atoms with van der Waals surface area (Å²) in [5.41, 5.74) is 0. The normalized spacial score (nSPS) is 26.9. The van der Waals surface area contributed by atoms with Gasteiger partial charge in [-0.1, -0.05) is 0 Å². The van der Waals surface area contributed by atoms with Crippen molar-refractivity contribution in [2.75, 3.05) is 38.5 Å². The van der Waals surface area contributed by atoms with Crippen molar-refractivity contribution in [2.24, 2.45) is 17.0 Å². The summed E-state index contributed by atoms with van der Waals surface area (Å²) in [4.78, 5) is 2.44. The molecule has 0 amide bonds. The average molecular weight is 312 g/mol. The summed E-state index contributed by atoms with van der Waals surface area (Å²) in [7, 11) is -3.32. The minimum atomic E-state index is -3.32. The van der Waals surface area contributed by atoms with Gasteiger partial charge in [-0.15, -0.1) is 12.4 Å². The fourth-order valence-corrected chi connectivity index (χ4v) is 4.14. The number of piperidine rings is 2. The van der Waals surface area contributed by atoms with E-state index in [4.69, 9.17) is 5.14 Å². The maximum Gasteiger partial charge on any atom is 0.209 e. The number of hydrogen-bond donors (Lipinski definition) is 2. The van der Waals surface area contributed by atoms with Crippen molar-refractivity contribution in [1.29, 1.82) is 0 Å². The van der Waals surface area contributed by atoms with Crippen LogP contribution in [0.5, 0.6) is 0 Å². The Hall–Kier alpha value is 0.120. The van der Waals surface area contributed by atoms with Crippen LogP contribution in [0, 0.1) is 11.8 Å². The highest BCUT2D eigenvalue weighted by Gasteiger charge is 2.25. The van der Waals surface area contributed by atoms with Crippen LogP contribution in [0.3, 0.4) is 0 Å². The molecule has 1 unspecified atom stereocenters. The molecule has 0 bridgehead atoms. The van der Waals surface area contributed by atoms with Gasteiger partial charge in [-0.05, 0) is 57.2 Å². The van der Waals surface area contributed by atoms with Crippen molar-refractivity contribution in [3.8, 4) is 0 Å². The molecule has 19 heavy (non-hydrogen) atoms. The second-order valence-corrected chi connectivity index (χ2v) is 7.45. The Morgan fingerprint density at radius 2 is 1.84 bits per heavy atom. The summed E-state index contributed by atoms with van der Waals surface area (Å²) in [5.74, 6) is 1.16. The van der Waals surface area contributed by atoms with Gasteiger partial charge >= 0.3 is 0 Å². The first kappa shape index (κ1) is 17.2. The summed E-state index contributed by atoms with van der Waals surface area (Å²) in [6.45, 7) is 5.40. The molecule has 1 atom stereocenters. The van der Waals surface area contributed by atoms with Gasteiger partial charge in [0, 0.05) is 13.1 Å². The molecule has 2 heterocycles. The van der Waals surface area contributed by atoms with Gasteiger partial charge in [-0.3, -0.25) is 0 Å². The van der Waals surface area contributed by atoms with Crippen LogP contribution in [0.4, 0.5) is 0 Å². The number of hydrogen-bond acceptors (Lipinski definition) is 4. The lowest BCUT2D eigenvalue weighted by atomic mass is 9.94. The molecule has 2 saturated heterocycles. The fourth-order valence-electron chi connectivity index (χ4n) is 3.21. The van der Waals surface area contributed by atoms with E-state index in [-0.39, 0.29) is 24.1 Å². The smallest absolute Gasteiger partial charge is 0.209 e. The Morgan fingerprint density at radius 1 is 1.16 bits per heavy atom. The van der Waals surface area contributed by atoms with Crippen LogP contribution in [0.15, 0.2) is 0 Å². The summed E-state index contributed by atoms with van der Waals surface area (Å²) >= 11 is 0. The Bertz CT molecular complexity index is 358. The number of nitrogens with one attached hydrogen (secondary N) is 1. The number of sulfonamides is 1. The van der Waals surface area contributed by atoms with Crippen LogP contribution in [-0.2, 0) is 10.0 Å². The third-order valence-corrected chi connectivity index (χ3v) is 4.98. The van der Waals surface area contributed by atoms with Crippen LogP contribution in [0.25, 0.3) is 0 Å². The highest BCUT2D eigenvalue weighted by Crippen LogP contribution is 2.21. The lowest BCUT2D eigenvalue weighted by molar-refractivity contribution is 0.147. The molecule has 0 aromatic rings. The van der Waals surface area contributed by atoms with E-state index in [0.717, 1.165) is 51.5 Å². The first-order valence-corrected chi connectivity index (χ1v) is 8.68. The van der Waals surface area contributed by atoms with E-state index in [0.29, 0.717) is 0 Å². The second kappa shape index (κ2) is 7.78. The average Bonchev–Trinajstić information content (AvgIpc) is 2.28. The van der Waals surface area contributed by atoms with Crippen molar-refractivity contribution < 1.29 is 8.42 Å². The Morgan fingerprint density at radius 3 is 2.47 bits per heavy atom. The van der Waals surface area contributed by atoms with Crippen LogP contribution < -0.4 is 10.5 Å². The van der Waals surface area contributed by atoms with Gasteiger partial charge in [-0.25, -0.2) is 13.6 Å². The molecule has 0 spiro atoms. The molecule has 0 radical (unpaired) electrons. The van der Waals surface area contributed by atoms with E-state index in [2.05, 4.69) is 10.2 Å². The molecule has 0 saturated carbocycles. The topological polar surface area (TPSA) is 75.4 Å². The Labute approximate surface area is 122 Å². The summed E-state index contributed by atoms with van der Waals surface area (Å²) in [5, 5.41) is 8.52. The molecule has 5 nitrogen and oxygen atoms in total. The quantitative estimate of drug-likeness (QED) is 0.788. The van der Waals surface area contributed by atoms with Crippen LogP contribution >= 0.6 is 12.4 Å². The van der Waals surface area contributed by atoms with E-state index < -0.39 is 10.0 Å². The van der Waals surface area contributed by atoms with Gasteiger partial charge in [0.25, 0.3) is 0 Å². The predicted molar refractivity (Wildman–Crippen MR) is 80.0 cm³/mol. The lowest BCUT2D eigenvalue weighted by Crippen LogP contribution is -2.43. The van der Waals surface area contributed by atoms with Crippen molar-refractivity contribution in [2.45, 2.75) is 25.7 Å². The van der Waals surface area contributed by atoms with E-state index >= 15 is 0 Å². The number of rotatable bonds is 4. The first-order chi connectivity index (χ1) is 8.53. The Kier molecular flexibility index (Phi) is 7.04. The zero-order chi connectivity index (χ0) is 13.0. The first-order valence-electron chi connectivity index (χ1n) is 6.96. The third kappa shape index (κ3) is 6.40. The van der Waals surface area contributed by atoms with E-state index in [1.165, 1.54) is 12.8 Å². The number of halogens is 1. The molecule has 2 aliphatic heterocycles. The summed E-state index contributed by atoms with van der Waals surface area (Å²) in [6.07, 6.45) is 4.59. The predicted octanol–water partition coefficient (Wildman–Crippen LogP) is 0.408. The second-order valence-electron chi connectivity index (χ2n) is 5.79. The maximum absolute atomic E-state index is 11.1. The van der Waals surface area contributed by atoms with E-state index in [9.17, 15) is 8.42 Å². The van der Waals surface area contributed by atoms with Gasteiger partial charge in [0.05, 0.1) is 5.75 Å². The molecule has 7 heteroatoms. The lowest BCUT2D eigenvalue weighted by Gasteiger charge is -2.35. The highest BCUT2D eigenvalue weighted by molar-refractivity contribution is 7.89. The molecule has 2 aliphatic rings. The monoisotopic (exact) mass is 311 g/mol. The van der Waals surface area contributed by atoms with Crippen molar-refractivity contribution >= 4 is 22.4 Å². The largest absolute Gasteiger partial charge is 0.317 e. The molecule has 0 aromatic heterocycles. The van der Waals surface area contributed by atoms with Crippen LogP contribution in [0.2, 0.25) is 0 Å². The third-order valence-electron chi connectivity index (χ3n) is 4.05. The van der Waals surface area contributed by atoms with Crippen LogP contribution in [-0.4, -0.2) is 51.8 Å². The molecular weight excluding hydrogens is 286 g/mol. The summed E-state index contributed by atoms with van der Waals surface area (Å²) < 4.78 is 22.3. The molecule has 114 valence electrons. The molecule has 0 aromatic carbocycles. The fraction of sp³-hybridized carbons (Fsp3) is 1.00. The van der Waals surface area contributed by atoms with Crippen molar-refractivity contribution in [3.05, 3.63) is 0 Å². The number of nitrogens with zero attached hydrogens (tertiary/aromatic N) is 1. The SMILES string of the molecule is Cl.NS(=O)(=O)CC1CCCN(CC2CCNCC2)C1. The molecule has 3 N–H and O–H groups in total. The van der Waals surface area contributed by atoms with Gasteiger partial charge in [0.2, 0.25) is 10.0 Å². The molecular formula is C12H26ClN3O2S. The number of likely N-dealkylation sites (tertiary alicyclic amines) is 1. The van der Waals surface area contributed by atoms with Crippen LogP contribution in [0.1, 0.15) is 25.7 Å². The standard InChI is InChI=1S/C12H25N3O2S.ClH/c13-18(16,17)10-12-2-1-7-15(9-12)8-11-3-5-14-6-4-11;/h11-12,14H,1-10H2,(H2,13,16,17);1H. The van der Waals surface area contributed by atoms with Gasteiger partial charge in [0.15, 0.2) is 0 Å². The van der Waals surface area contributed by atoms with Gasteiger partial charge in [0.1, 0.15) is 0 Å². The highest BCUT2D eigenvalue weighted by atomic mass is 35.5. The number of nitrogens with two attached hydrogens (primary N) is 1. The molecule has 2 fully saturated rings. The minimum absolute atomic E-state index is 0. The molecule has 2 rings (SSSR count).